The lowest BCUT2D eigenvalue weighted by Crippen LogP contribution is -2.46. The van der Waals surface area contributed by atoms with Gasteiger partial charge in [0.2, 0.25) is 0 Å². The van der Waals surface area contributed by atoms with Gasteiger partial charge in [-0.25, -0.2) is 0 Å². The minimum Gasteiger partial charge on any atom is -0.366 e. The molecule has 0 radical (unpaired) electrons. The van der Waals surface area contributed by atoms with E-state index in [0.29, 0.717) is 6.04 Å². The van der Waals surface area contributed by atoms with Gasteiger partial charge < -0.3 is 15.5 Å². The van der Waals surface area contributed by atoms with Gasteiger partial charge >= 0.3 is 0 Å². The van der Waals surface area contributed by atoms with Crippen molar-refractivity contribution < 1.29 is 0 Å². The zero-order chi connectivity index (χ0) is 17.5. The number of para-hydroxylation sites is 1. The number of aromatic nitrogens is 2. The van der Waals surface area contributed by atoms with Gasteiger partial charge in [0.25, 0.3) is 0 Å². The van der Waals surface area contributed by atoms with Crippen LogP contribution in [0.5, 0.6) is 0 Å². The van der Waals surface area contributed by atoms with E-state index >= 15 is 0 Å². The summed E-state index contributed by atoms with van der Waals surface area (Å²) >= 11 is 0. The molecule has 7 heteroatoms. The van der Waals surface area contributed by atoms with E-state index in [1.54, 1.807) is 0 Å². The average Bonchev–Trinajstić information content (AvgIpc) is 3.30. The second-order valence-electron chi connectivity index (χ2n) is 6.42. The highest BCUT2D eigenvalue weighted by Gasteiger charge is 2.22. The molecule has 6 nitrogen and oxygen atoms in total. The number of hydrogen-bond acceptors (Lipinski definition) is 3. The van der Waals surface area contributed by atoms with Gasteiger partial charge in [0, 0.05) is 57.3 Å². The molecular formula is C19H29IN6. The molecular weight excluding hydrogens is 439 g/mol. The summed E-state index contributed by atoms with van der Waals surface area (Å²) in [6.45, 7) is 6.02. The lowest BCUT2D eigenvalue weighted by atomic mass is 10.2. The predicted molar refractivity (Wildman–Crippen MR) is 119 cm³/mol. The highest BCUT2D eigenvalue weighted by atomic mass is 127. The molecule has 0 saturated heterocycles. The highest BCUT2D eigenvalue weighted by molar-refractivity contribution is 14.0. The molecule has 1 atom stereocenters. The minimum atomic E-state index is 0. The van der Waals surface area contributed by atoms with Gasteiger partial charge in [0.15, 0.2) is 5.96 Å². The van der Waals surface area contributed by atoms with E-state index in [0.717, 1.165) is 45.0 Å². The van der Waals surface area contributed by atoms with Crippen molar-refractivity contribution >= 4 is 35.6 Å². The number of rotatable bonds is 7. The van der Waals surface area contributed by atoms with Gasteiger partial charge in [-0.15, -0.1) is 24.0 Å². The number of benzene rings is 1. The molecule has 1 unspecified atom stereocenters. The Morgan fingerprint density at radius 1 is 1.27 bits per heavy atom. The summed E-state index contributed by atoms with van der Waals surface area (Å²) in [7, 11) is 1.82. The number of guanidine groups is 1. The Morgan fingerprint density at radius 3 is 2.88 bits per heavy atom. The first-order chi connectivity index (χ1) is 12.3. The zero-order valence-electron chi connectivity index (χ0n) is 15.6. The lowest BCUT2D eigenvalue weighted by Gasteiger charge is -2.28. The molecule has 0 saturated carbocycles. The van der Waals surface area contributed by atoms with Crippen LogP contribution in [-0.4, -0.2) is 48.5 Å². The maximum atomic E-state index is 4.32. The Morgan fingerprint density at radius 2 is 2.12 bits per heavy atom. The maximum absolute atomic E-state index is 4.32. The van der Waals surface area contributed by atoms with Crippen LogP contribution >= 0.6 is 24.0 Å². The molecule has 0 aliphatic carbocycles. The number of fused-ring (bicyclic) bond motifs is 1. The Bertz CT molecular complexity index is 685. The molecule has 142 valence electrons. The average molecular weight is 468 g/mol. The monoisotopic (exact) mass is 468 g/mol. The maximum Gasteiger partial charge on any atom is 0.191 e. The molecule has 0 bridgehead atoms. The summed E-state index contributed by atoms with van der Waals surface area (Å²) in [5.41, 5.74) is 2.83. The summed E-state index contributed by atoms with van der Waals surface area (Å²) in [6, 6.07) is 11.1. The molecule has 0 fully saturated rings. The van der Waals surface area contributed by atoms with Crippen LogP contribution in [0.25, 0.3) is 0 Å². The molecule has 2 aromatic rings. The quantitative estimate of drug-likeness (QED) is 0.284. The molecule has 0 spiro atoms. The van der Waals surface area contributed by atoms with Gasteiger partial charge in [-0.1, -0.05) is 18.2 Å². The van der Waals surface area contributed by atoms with Crippen LogP contribution in [0, 0.1) is 0 Å². The van der Waals surface area contributed by atoms with E-state index in [1.165, 1.54) is 11.3 Å². The number of hydrogen-bond donors (Lipinski definition) is 2. The number of anilines is 1. The predicted octanol–water partition coefficient (Wildman–Crippen LogP) is 2.51. The standard InChI is InChI=1S/C19H28N6.HI/c1-16(25-14-9-17-7-3-4-8-18(17)25)15-22-19(20-2)21-10-5-12-24-13-6-11-23-24;/h3-4,6-8,11,13,16H,5,9-10,12,14-15H2,1-2H3,(H2,20,21,22);1H. The fourth-order valence-electron chi connectivity index (χ4n) is 3.28. The minimum absolute atomic E-state index is 0. The number of halogens is 1. The van der Waals surface area contributed by atoms with Crippen molar-refractivity contribution in [2.24, 2.45) is 4.99 Å². The molecule has 1 aromatic carbocycles. The number of nitrogens with one attached hydrogen (secondary N) is 2. The summed E-state index contributed by atoms with van der Waals surface area (Å²) in [6.07, 6.45) is 5.95. The molecule has 0 amide bonds. The number of aryl methyl sites for hydroxylation is 1. The lowest BCUT2D eigenvalue weighted by molar-refractivity contribution is 0.567. The Hall–Kier alpha value is -1.77. The Balaban J connectivity index is 0.00000243. The van der Waals surface area contributed by atoms with Crippen molar-refractivity contribution in [2.45, 2.75) is 32.4 Å². The largest absolute Gasteiger partial charge is 0.366 e. The molecule has 3 rings (SSSR count). The van der Waals surface area contributed by atoms with Gasteiger partial charge in [-0.2, -0.15) is 5.10 Å². The van der Waals surface area contributed by atoms with Gasteiger partial charge in [0.1, 0.15) is 0 Å². The van der Waals surface area contributed by atoms with Crippen molar-refractivity contribution in [3.8, 4) is 0 Å². The highest BCUT2D eigenvalue weighted by Crippen LogP contribution is 2.28. The summed E-state index contributed by atoms with van der Waals surface area (Å²) in [5, 5.41) is 11.0. The van der Waals surface area contributed by atoms with Crippen LogP contribution in [0.1, 0.15) is 18.9 Å². The van der Waals surface area contributed by atoms with Crippen molar-refractivity contribution in [3.05, 3.63) is 48.3 Å². The second kappa shape index (κ2) is 10.4. The third-order valence-corrected chi connectivity index (χ3v) is 4.66. The molecule has 1 aliphatic rings. The molecule has 2 heterocycles. The van der Waals surface area contributed by atoms with E-state index in [4.69, 9.17) is 0 Å². The smallest absolute Gasteiger partial charge is 0.191 e. The van der Waals surface area contributed by atoms with Gasteiger partial charge in [-0.3, -0.25) is 9.67 Å². The van der Waals surface area contributed by atoms with Crippen LogP contribution in [0.15, 0.2) is 47.7 Å². The third kappa shape index (κ3) is 5.36. The number of nitrogens with zero attached hydrogens (tertiary/aromatic N) is 4. The van der Waals surface area contributed by atoms with Gasteiger partial charge in [0.05, 0.1) is 0 Å². The van der Waals surface area contributed by atoms with Crippen molar-refractivity contribution in [3.63, 3.8) is 0 Å². The summed E-state index contributed by atoms with van der Waals surface area (Å²) in [4.78, 5) is 6.80. The Labute approximate surface area is 173 Å². The van der Waals surface area contributed by atoms with Crippen LogP contribution in [0.4, 0.5) is 5.69 Å². The van der Waals surface area contributed by atoms with Crippen LogP contribution in [0.3, 0.4) is 0 Å². The van der Waals surface area contributed by atoms with Crippen LogP contribution < -0.4 is 15.5 Å². The molecule has 1 aliphatic heterocycles. The molecule has 26 heavy (non-hydrogen) atoms. The summed E-state index contributed by atoms with van der Waals surface area (Å²) in [5.74, 6) is 0.861. The van der Waals surface area contributed by atoms with Crippen LogP contribution in [0.2, 0.25) is 0 Å². The van der Waals surface area contributed by atoms with E-state index < -0.39 is 0 Å². The normalized spacial score (nSPS) is 14.5. The van der Waals surface area contributed by atoms with E-state index in [-0.39, 0.29) is 24.0 Å². The Kier molecular flexibility index (Phi) is 8.21. The first-order valence-electron chi connectivity index (χ1n) is 9.04. The van der Waals surface area contributed by atoms with Crippen molar-refractivity contribution in [1.29, 1.82) is 0 Å². The molecule has 2 N–H and O–H groups in total. The fourth-order valence-corrected chi connectivity index (χ4v) is 3.28. The summed E-state index contributed by atoms with van der Waals surface area (Å²) < 4.78 is 1.95. The first-order valence-corrected chi connectivity index (χ1v) is 9.04. The van der Waals surface area contributed by atoms with E-state index in [9.17, 15) is 0 Å². The third-order valence-electron chi connectivity index (χ3n) is 4.66. The SMILES string of the molecule is CN=C(NCCCn1cccn1)NCC(C)N1CCc2ccccc21.I. The van der Waals surface area contributed by atoms with E-state index in [1.807, 2.05) is 30.2 Å². The van der Waals surface area contributed by atoms with Crippen LogP contribution in [-0.2, 0) is 13.0 Å². The van der Waals surface area contributed by atoms with Gasteiger partial charge in [-0.05, 0) is 37.5 Å². The number of aliphatic imine (C=N–C) groups is 1. The molecule has 1 aromatic heterocycles. The first kappa shape index (κ1) is 20.5. The zero-order valence-corrected chi connectivity index (χ0v) is 17.9. The topological polar surface area (TPSA) is 57.5 Å². The fraction of sp³-hybridized carbons (Fsp3) is 0.474. The van der Waals surface area contributed by atoms with Crippen molar-refractivity contribution in [1.82, 2.24) is 20.4 Å². The second-order valence-corrected chi connectivity index (χ2v) is 6.42. The van der Waals surface area contributed by atoms with E-state index in [2.05, 4.69) is 56.8 Å². The van der Waals surface area contributed by atoms with Crippen molar-refractivity contribution in [2.75, 3.05) is 31.6 Å².